The normalized spacial score (nSPS) is 12.1. The first-order valence-corrected chi connectivity index (χ1v) is 7.14. The van der Waals surface area contributed by atoms with Gasteiger partial charge < -0.3 is 14.9 Å². The average molecular weight is 288 g/mol. The van der Waals surface area contributed by atoms with E-state index in [1.54, 1.807) is 6.07 Å². The Hall–Kier alpha value is -2.14. The fourth-order valence-electron chi connectivity index (χ4n) is 2.11. The molecule has 5 heteroatoms. The second kappa shape index (κ2) is 7.59. The summed E-state index contributed by atoms with van der Waals surface area (Å²) in [5.41, 5.74) is 1.54. The SMILES string of the molecule is CCC(CCO)NC(=O)Cc1cc(-c2ccccc2)on1. The van der Waals surface area contributed by atoms with Gasteiger partial charge in [0.15, 0.2) is 5.76 Å². The smallest absolute Gasteiger partial charge is 0.226 e. The van der Waals surface area contributed by atoms with Crippen LogP contribution in [0.25, 0.3) is 11.3 Å². The molecular formula is C16H20N2O3. The van der Waals surface area contributed by atoms with Crippen molar-refractivity contribution in [1.29, 1.82) is 0 Å². The summed E-state index contributed by atoms with van der Waals surface area (Å²) in [7, 11) is 0. The molecule has 0 saturated carbocycles. The van der Waals surface area contributed by atoms with Gasteiger partial charge in [0.2, 0.25) is 5.91 Å². The van der Waals surface area contributed by atoms with E-state index in [9.17, 15) is 4.79 Å². The molecule has 0 bridgehead atoms. The van der Waals surface area contributed by atoms with Crippen molar-refractivity contribution in [3.8, 4) is 11.3 Å². The van der Waals surface area contributed by atoms with Gasteiger partial charge in [0.05, 0.1) is 12.1 Å². The van der Waals surface area contributed by atoms with E-state index in [0.29, 0.717) is 17.9 Å². The van der Waals surface area contributed by atoms with Gasteiger partial charge in [-0.05, 0) is 12.8 Å². The molecule has 5 nitrogen and oxygen atoms in total. The third-order valence-electron chi connectivity index (χ3n) is 3.29. The maximum atomic E-state index is 11.9. The van der Waals surface area contributed by atoms with Crippen LogP contribution in [0.1, 0.15) is 25.5 Å². The second-order valence-electron chi connectivity index (χ2n) is 4.91. The monoisotopic (exact) mass is 288 g/mol. The van der Waals surface area contributed by atoms with Crippen LogP contribution in [0.5, 0.6) is 0 Å². The highest BCUT2D eigenvalue weighted by Gasteiger charge is 2.13. The van der Waals surface area contributed by atoms with Crippen LogP contribution in [0, 0.1) is 0 Å². The molecule has 0 spiro atoms. The van der Waals surface area contributed by atoms with E-state index in [4.69, 9.17) is 9.63 Å². The van der Waals surface area contributed by atoms with Gasteiger partial charge >= 0.3 is 0 Å². The van der Waals surface area contributed by atoms with Gasteiger partial charge in [0, 0.05) is 24.3 Å². The maximum Gasteiger partial charge on any atom is 0.226 e. The summed E-state index contributed by atoms with van der Waals surface area (Å²) < 4.78 is 5.26. The zero-order chi connectivity index (χ0) is 15.1. The molecule has 2 rings (SSSR count). The Balaban J connectivity index is 1.95. The van der Waals surface area contributed by atoms with Crippen LogP contribution in [0.2, 0.25) is 0 Å². The Labute approximate surface area is 124 Å². The second-order valence-corrected chi connectivity index (χ2v) is 4.91. The van der Waals surface area contributed by atoms with Gasteiger partial charge in [-0.15, -0.1) is 0 Å². The zero-order valence-corrected chi connectivity index (χ0v) is 12.1. The van der Waals surface area contributed by atoms with Crippen LogP contribution < -0.4 is 5.32 Å². The molecule has 1 heterocycles. The van der Waals surface area contributed by atoms with Crippen LogP contribution >= 0.6 is 0 Å². The molecule has 0 aliphatic carbocycles. The predicted octanol–water partition coefficient (Wildman–Crippen LogP) is 2.16. The van der Waals surface area contributed by atoms with Crippen molar-refractivity contribution in [2.75, 3.05) is 6.61 Å². The number of aliphatic hydroxyl groups excluding tert-OH is 1. The van der Waals surface area contributed by atoms with E-state index in [1.165, 1.54) is 0 Å². The number of aliphatic hydroxyl groups is 1. The summed E-state index contributed by atoms with van der Waals surface area (Å²) in [5, 5.41) is 15.7. The fourth-order valence-corrected chi connectivity index (χ4v) is 2.11. The lowest BCUT2D eigenvalue weighted by molar-refractivity contribution is -0.121. The van der Waals surface area contributed by atoms with E-state index in [-0.39, 0.29) is 25.0 Å². The molecule has 112 valence electrons. The van der Waals surface area contributed by atoms with Gasteiger partial charge in [-0.25, -0.2) is 0 Å². The summed E-state index contributed by atoms with van der Waals surface area (Å²) in [5.74, 6) is 0.545. The van der Waals surface area contributed by atoms with Gasteiger partial charge in [0.1, 0.15) is 0 Å². The molecule has 1 amide bonds. The molecule has 2 aromatic rings. The molecule has 0 saturated heterocycles. The standard InChI is InChI=1S/C16H20N2O3/c1-2-13(8-9-19)17-16(20)11-14-10-15(21-18-14)12-6-4-3-5-7-12/h3-7,10,13,19H,2,8-9,11H2,1H3,(H,17,20). The van der Waals surface area contributed by atoms with Crippen molar-refractivity contribution in [3.63, 3.8) is 0 Å². The van der Waals surface area contributed by atoms with E-state index in [0.717, 1.165) is 12.0 Å². The summed E-state index contributed by atoms with van der Waals surface area (Å²) in [6.45, 7) is 2.05. The summed E-state index contributed by atoms with van der Waals surface area (Å²) in [4.78, 5) is 11.9. The van der Waals surface area contributed by atoms with E-state index in [2.05, 4.69) is 10.5 Å². The Morgan fingerprint density at radius 3 is 2.81 bits per heavy atom. The fraction of sp³-hybridized carbons (Fsp3) is 0.375. The minimum absolute atomic E-state index is 0.00277. The quantitative estimate of drug-likeness (QED) is 0.818. The highest BCUT2D eigenvalue weighted by atomic mass is 16.5. The first kappa shape index (κ1) is 15.3. The number of aromatic nitrogens is 1. The molecule has 21 heavy (non-hydrogen) atoms. The highest BCUT2D eigenvalue weighted by molar-refractivity contribution is 5.78. The van der Waals surface area contributed by atoms with Crippen molar-refractivity contribution < 1.29 is 14.4 Å². The number of hydrogen-bond donors (Lipinski definition) is 2. The molecule has 0 fully saturated rings. The molecular weight excluding hydrogens is 268 g/mol. The van der Waals surface area contributed by atoms with Crippen molar-refractivity contribution in [1.82, 2.24) is 10.5 Å². The molecule has 1 unspecified atom stereocenters. The summed E-state index contributed by atoms with van der Waals surface area (Å²) >= 11 is 0. The van der Waals surface area contributed by atoms with Crippen LogP contribution in [0.4, 0.5) is 0 Å². The van der Waals surface area contributed by atoms with E-state index in [1.807, 2.05) is 37.3 Å². The first-order chi connectivity index (χ1) is 10.2. The molecule has 2 N–H and O–H groups in total. The number of carbonyl (C=O) groups is 1. The van der Waals surface area contributed by atoms with E-state index < -0.39 is 0 Å². The topological polar surface area (TPSA) is 75.4 Å². The molecule has 0 radical (unpaired) electrons. The minimum Gasteiger partial charge on any atom is -0.396 e. The van der Waals surface area contributed by atoms with Gasteiger partial charge in [-0.1, -0.05) is 42.4 Å². The average Bonchev–Trinajstić information content (AvgIpc) is 2.96. The molecule has 1 aromatic heterocycles. The number of nitrogens with zero attached hydrogens (tertiary/aromatic N) is 1. The van der Waals surface area contributed by atoms with Crippen LogP contribution in [0.15, 0.2) is 40.9 Å². The van der Waals surface area contributed by atoms with E-state index >= 15 is 0 Å². The van der Waals surface area contributed by atoms with Crippen molar-refractivity contribution >= 4 is 5.91 Å². The summed E-state index contributed by atoms with van der Waals surface area (Å²) in [6.07, 6.45) is 1.54. The number of hydrogen-bond acceptors (Lipinski definition) is 4. The first-order valence-electron chi connectivity index (χ1n) is 7.14. The number of carbonyl (C=O) groups excluding carboxylic acids is 1. The Morgan fingerprint density at radius 2 is 2.14 bits per heavy atom. The summed E-state index contributed by atoms with van der Waals surface area (Å²) in [6, 6.07) is 11.4. The lowest BCUT2D eigenvalue weighted by Crippen LogP contribution is -2.36. The maximum absolute atomic E-state index is 11.9. The number of benzene rings is 1. The largest absolute Gasteiger partial charge is 0.396 e. The number of amides is 1. The Bertz CT molecular complexity index is 566. The number of nitrogens with one attached hydrogen (secondary N) is 1. The minimum atomic E-state index is -0.108. The van der Waals surface area contributed by atoms with Crippen LogP contribution in [-0.2, 0) is 11.2 Å². The molecule has 1 aromatic carbocycles. The molecule has 1 atom stereocenters. The van der Waals surface area contributed by atoms with Crippen molar-refractivity contribution in [3.05, 3.63) is 42.1 Å². The predicted molar refractivity (Wildman–Crippen MR) is 79.6 cm³/mol. The van der Waals surface area contributed by atoms with Crippen LogP contribution in [0.3, 0.4) is 0 Å². The lowest BCUT2D eigenvalue weighted by atomic mass is 10.1. The van der Waals surface area contributed by atoms with Crippen LogP contribution in [-0.4, -0.2) is 28.8 Å². The molecule has 0 aliphatic rings. The van der Waals surface area contributed by atoms with Crippen molar-refractivity contribution in [2.24, 2.45) is 0 Å². The van der Waals surface area contributed by atoms with Gasteiger partial charge in [0.25, 0.3) is 0 Å². The zero-order valence-electron chi connectivity index (χ0n) is 12.1. The van der Waals surface area contributed by atoms with Crippen molar-refractivity contribution in [2.45, 2.75) is 32.2 Å². The third kappa shape index (κ3) is 4.43. The highest BCUT2D eigenvalue weighted by Crippen LogP contribution is 2.19. The molecule has 0 aliphatic heterocycles. The number of rotatable bonds is 7. The Kier molecular flexibility index (Phi) is 5.51. The third-order valence-corrected chi connectivity index (χ3v) is 3.29. The van der Waals surface area contributed by atoms with Gasteiger partial charge in [-0.3, -0.25) is 4.79 Å². The van der Waals surface area contributed by atoms with Gasteiger partial charge in [-0.2, -0.15) is 0 Å². The Morgan fingerprint density at radius 1 is 1.38 bits per heavy atom. The lowest BCUT2D eigenvalue weighted by Gasteiger charge is -2.14.